The molecule has 19 heavy (non-hydrogen) atoms. The normalized spacial score (nSPS) is 13.5. The highest BCUT2D eigenvalue weighted by Crippen LogP contribution is 2.22. The van der Waals surface area contributed by atoms with Gasteiger partial charge >= 0.3 is 5.97 Å². The number of carbonyl (C=O) groups is 1. The third-order valence-corrected chi connectivity index (χ3v) is 4.51. The number of rotatable bonds is 6. The quantitative estimate of drug-likeness (QED) is 0.712. The average molecular weight is 290 g/mol. The number of sulfonamides is 1. The molecule has 7 nitrogen and oxygen atoms in total. The summed E-state index contributed by atoms with van der Waals surface area (Å²) in [4.78, 5) is 13.5. The van der Waals surface area contributed by atoms with Crippen LogP contribution >= 0.6 is 0 Å². The smallest absolute Gasteiger partial charge is 0.352 e. The molecular weight excluding hydrogens is 272 g/mol. The summed E-state index contributed by atoms with van der Waals surface area (Å²) in [5.74, 6) is -1.19. The van der Waals surface area contributed by atoms with E-state index in [2.05, 4.69) is 9.71 Å². The van der Waals surface area contributed by atoms with E-state index in [-0.39, 0.29) is 28.8 Å². The first kappa shape index (κ1) is 15.7. The van der Waals surface area contributed by atoms with Crippen molar-refractivity contribution in [1.82, 2.24) is 9.71 Å². The first-order valence-electron chi connectivity index (χ1n) is 5.65. The third kappa shape index (κ3) is 3.34. The molecule has 0 aliphatic heterocycles. The van der Waals surface area contributed by atoms with Gasteiger partial charge in [-0.05, 0) is 20.8 Å². The fraction of sp³-hybridized carbons (Fsp3) is 0.545. The summed E-state index contributed by atoms with van der Waals surface area (Å²) in [6.07, 6.45) is -0.270. The number of carboxylic acid groups (broad SMARTS) is 1. The van der Waals surface area contributed by atoms with Crippen LogP contribution in [0.4, 0.5) is 0 Å². The molecule has 8 heteroatoms. The van der Waals surface area contributed by atoms with Crippen molar-refractivity contribution >= 4 is 16.0 Å². The summed E-state index contributed by atoms with van der Waals surface area (Å²) in [6, 6.07) is 0. The standard InChI is InChI=1S/C11H18N2O5S/c1-6(18-4)5-12-19(16,17)10-7(2)9(11(14)15)13-8(10)3/h6,12-13H,5H2,1-4H3,(H,14,15). The summed E-state index contributed by atoms with van der Waals surface area (Å²) in [5.41, 5.74) is 0.382. The van der Waals surface area contributed by atoms with Gasteiger partial charge in [0.1, 0.15) is 10.6 Å². The number of ether oxygens (including phenoxy) is 1. The van der Waals surface area contributed by atoms with Crippen molar-refractivity contribution in [2.24, 2.45) is 0 Å². The molecule has 0 saturated heterocycles. The second-order valence-corrected chi connectivity index (χ2v) is 5.99. The number of aromatic amines is 1. The lowest BCUT2D eigenvalue weighted by atomic mass is 10.2. The number of methoxy groups -OCH3 is 1. The maximum atomic E-state index is 12.2. The van der Waals surface area contributed by atoms with Gasteiger partial charge in [0.05, 0.1) is 6.10 Å². The molecule has 1 aromatic rings. The van der Waals surface area contributed by atoms with Crippen LogP contribution in [-0.2, 0) is 14.8 Å². The van der Waals surface area contributed by atoms with Crippen LogP contribution in [0.2, 0.25) is 0 Å². The molecule has 1 unspecified atom stereocenters. The lowest BCUT2D eigenvalue weighted by Crippen LogP contribution is -2.32. The van der Waals surface area contributed by atoms with E-state index in [1.807, 2.05) is 0 Å². The first-order valence-corrected chi connectivity index (χ1v) is 7.14. The number of aromatic nitrogens is 1. The van der Waals surface area contributed by atoms with Crippen molar-refractivity contribution in [3.63, 3.8) is 0 Å². The molecule has 0 amide bonds. The number of nitrogens with one attached hydrogen (secondary N) is 2. The number of aromatic carboxylic acids is 1. The highest BCUT2D eigenvalue weighted by Gasteiger charge is 2.26. The first-order chi connectivity index (χ1) is 8.70. The van der Waals surface area contributed by atoms with Gasteiger partial charge in [0.15, 0.2) is 0 Å². The van der Waals surface area contributed by atoms with Gasteiger partial charge in [0.25, 0.3) is 0 Å². The Kier molecular flexibility index (Phi) is 4.72. The van der Waals surface area contributed by atoms with E-state index in [0.717, 1.165) is 0 Å². The molecule has 1 heterocycles. The molecule has 0 fully saturated rings. The number of H-pyrrole nitrogens is 1. The van der Waals surface area contributed by atoms with Gasteiger partial charge in [-0.15, -0.1) is 0 Å². The number of hydrogen-bond acceptors (Lipinski definition) is 4. The van der Waals surface area contributed by atoms with Crippen LogP contribution in [0.25, 0.3) is 0 Å². The Bertz CT molecular complexity index is 576. The second-order valence-electron chi connectivity index (χ2n) is 4.28. The van der Waals surface area contributed by atoms with Gasteiger partial charge in [-0.2, -0.15) is 0 Å². The molecule has 108 valence electrons. The molecule has 0 aliphatic rings. The summed E-state index contributed by atoms with van der Waals surface area (Å²) in [7, 11) is -2.28. The van der Waals surface area contributed by atoms with Crippen LogP contribution in [0.5, 0.6) is 0 Å². The van der Waals surface area contributed by atoms with Crippen LogP contribution in [-0.4, -0.2) is 44.2 Å². The lowest BCUT2D eigenvalue weighted by Gasteiger charge is -2.11. The fourth-order valence-electron chi connectivity index (χ4n) is 1.73. The molecular formula is C11H18N2O5S. The molecule has 3 N–H and O–H groups in total. The van der Waals surface area contributed by atoms with Gasteiger partial charge in [-0.3, -0.25) is 0 Å². The molecule has 1 aromatic heterocycles. The van der Waals surface area contributed by atoms with Gasteiger partial charge < -0.3 is 14.8 Å². The highest BCUT2D eigenvalue weighted by atomic mass is 32.2. The summed E-state index contributed by atoms with van der Waals surface area (Å²) < 4.78 is 31.7. The SMILES string of the molecule is COC(C)CNS(=O)(=O)c1c(C)[nH]c(C(=O)O)c1C. The number of hydrogen-bond donors (Lipinski definition) is 3. The van der Waals surface area contributed by atoms with Crippen LogP contribution in [0.1, 0.15) is 28.7 Å². The summed E-state index contributed by atoms with van der Waals surface area (Å²) >= 11 is 0. The van der Waals surface area contributed by atoms with Crippen molar-refractivity contribution in [3.05, 3.63) is 17.0 Å². The van der Waals surface area contributed by atoms with Crippen molar-refractivity contribution < 1.29 is 23.1 Å². The Hall–Kier alpha value is -1.38. The molecule has 0 bridgehead atoms. The van der Waals surface area contributed by atoms with Crippen LogP contribution < -0.4 is 4.72 Å². The van der Waals surface area contributed by atoms with Gasteiger partial charge in [0.2, 0.25) is 10.0 Å². The predicted octanol–water partition coefficient (Wildman–Crippen LogP) is 0.643. The van der Waals surface area contributed by atoms with E-state index < -0.39 is 16.0 Å². The second kappa shape index (κ2) is 5.72. The number of aryl methyl sites for hydroxylation is 1. The van der Waals surface area contributed by atoms with E-state index in [1.54, 1.807) is 6.92 Å². The van der Waals surface area contributed by atoms with Gasteiger partial charge in [-0.25, -0.2) is 17.9 Å². The Morgan fingerprint density at radius 1 is 1.47 bits per heavy atom. The summed E-state index contributed by atoms with van der Waals surface area (Å²) in [6.45, 7) is 4.82. The fourth-order valence-corrected chi connectivity index (χ4v) is 3.29. The van der Waals surface area contributed by atoms with Crippen molar-refractivity contribution in [1.29, 1.82) is 0 Å². The van der Waals surface area contributed by atoms with Gasteiger partial charge in [0, 0.05) is 24.9 Å². The topological polar surface area (TPSA) is 108 Å². The van der Waals surface area contributed by atoms with Crippen molar-refractivity contribution in [2.45, 2.75) is 31.8 Å². The van der Waals surface area contributed by atoms with Gasteiger partial charge in [-0.1, -0.05) is 0 Å². The average Bonchev–Trinajstić information content (AvgIpc) is 2.62. The van der Waals surface area contributed by atoms with Crippen LogP contribution in [0.15, 0.2) is 4.90 Å². The Labute approximate surface area is 112 Å². The van der Waals surface area contributed by atoms with E-state index in [9.17, 15) is 13.2 Å². The Morgan fingerprint density at radius 2 is 2.05 bits per heavy atom. The summed E-state index contributed by atoms with van der Waals surface area (Å²) in [5, 5.41) is 8.96. The zero-order valence-electron chi connectivity index (χ0n) is 11.3. The Morgan fingerprint density at radius 3 is 2.47 bits per heavy atom. The Balaban J connectivity index is 3.12. The molecule has 1 rings (SSSR count). The molecule has 1 atom stereocenters. The molecule has 0 aliphatic carbocycles. The molecule has 0 spiro atoms. The lowest BCUT2D eigenvalue weighted by molar-refractivity contribution is 0.0690. The predicted molar refractivity (Wildman–Crippen MR) is 68.9 cm³/mol. The molecule has 0 radical (unpaired) electrons. The largest absolute Gasteiger partial charge is 0.477 e. The van der Waals surface area contributed by atoms with E-state index in [1.165, 1.54) is 21.0 Å². The minimum Gasteiger partial charge on any atom is -0.477 e. The van der Waals surface area contributed by atoms with E-state index in [0.29, 0.717) is 5.69 Å². The van der Waals surface area contributed by atoms with E-state index >= 15 is 0 Å². The zero-order chi connectivity index (χ0) is 14.8. The minimum absolute atomic E-state index is 0.0202. The minimum atomic E-state index is -3.76. The third-order valence-electron chi connectivity index (χ3n) is 2.81. The highest BCUT2D eigenvalue weighted by molar-refractivity contribution is 7.89. The van der Waals surface area contributed by atoms with Crippen LogP contribution in [0.3, 0.4) is 0 Å². The maximum Gasteiger partial charge on any atom is 0.352 e. The number of carboxylic acids is 1. The molecule has 0 aromatic carbocycles. The van der Waals surface area contributed by atoms with Crippen LogP contribution in [0, 0.1) is 13.8 Å². The zero-order valence-corrected chi connectivity index (χ0v) is 12.1. The molecule has 0 saturated carbocycles. The van der Waals surface area contributed by atoms with E-state index in [4.69, 9.17) is 9.84 Å². The monoisotopic (exact) mass is 290 g/mol. The van der Waals surface area contributed by atoms with Crippen molar-refractivity contribution in [2.75, 3.05) is 13.7 Å². The maximum absolute atomic E-state index is 12.2. The van der Waals surface area contributed by atoms with Crippen molar-refractivity contribution in [3.8, 4) is 0 Å².